The summed E-state index contributed by atoms with van der Waals surface area (Å²) in [6.07, 6.45) is 2.02. The zero-order chi connectivity index (χ0) is 19.2. The zero-order valence-electron chi connectivity index (χ0n) is 15.9. The Morgan fingerprint density at radius 3 is 2.81 bits per heavy atom. The molecule has 0 saturated carbocycles. The number of hydrogen-bond acceptors (Lipinski definition) is 4. The van der Waals surface area contributed by atoms with Crippen LogP contribution in [0, 0.1) is 0 Å². The number of carbonyl (C=O) groups is 1. The van der Waals surface area contributed by atoms with Gasteiger partial charge in [0, 0.05) is 17.0 Å². The van der Waals surface area contributed by atoms with E-state index in [0.29, 0.717) is 12.2 Å². The SMILES string of the molecule is CC(C)(C)OC(=O)c1ccc2c(c1)NCC1(CCc3cc(Cl)ccc31)CO2. The summed E-state index contributed by atoms with van der Waals surface area (Å²) in [6.45, 7) is 6.95. The minimum Gasteiger partial charge on any atom is -0.490 e. The predicted molar refractivity (Wildman–Crippen MR) is 107 cm³/mol. The number of rotatable bonds is 1. The average Bonchev–Trinajstić information content (AvgIpc) is 2.83. The lowest BCUT2D eigenvalue weighted by Gasteiger charge is -2.28. The molecule has 27 heavy (non-hydrogen) atoms. The van der Waals surface area contributed by atoms with Gasteiger partial charge in [0.25, 0.3) is 0 Å². The Morgan fingerprint density at radius 2 is 2.04 bits per heavy atom. The van der Waals surface area contributed by atoms with Gasteiger partial charge < -0.3 is 14.8 Å². The zero-order valence-corrected chi connectivity index (χ0v) is 16.7. The van der Waals surface area contributed by atoms with E-state index < -0.39 is 5.60 Å². The third-order valence-corrected chi connectivity index (χ3v) is 5.48. The summed E-state index contributed by atoms with van der Waals surface area (Å²) in [6, 6.07) is 11.6. The lowest BCUT2D eigenvalue weighted by molar-refractivity contribution is 0.00696. The van der Waals surface area contributed by atoms with Crippen LogP contribution >= 0.6 is 11.6 Å². The lowest BCUT2D eigenvalue weighted by Crippen LogP contribution is -2.36. The molecule has 1 N–H and O–H groups in total. The Bertz CT molecular complexity index is 903. The van der Waals surface area contributed by atoms with Crippen LogP contribution < -0.4 is 10.1 Å². The van der Waals surface area contributed by atoms with Gasteiger partial charge in [0.05, 0.1) is 17.9 Å². The Morgan fingerprint density at radius 1 is 1.22 bits per heavy atom. The van der Waals surface area contributed by atoms with E-state index in [9.17, 15) is 4.79 Å². The molecule has 2 aromatic rings. The Balaban J connectivity index is 1.59. The van der Waals surface area contributed by atoms with Gasteiger partial charge in [-0.05, 0) is 75.1 Å². The Hall–Kier alpha value is -2.20. The van der Waals surface area contributed by atoms with E-state index in [2.05, 4.69) is 17.4 Å². The van der Waals surface area contributed by atoms with Crippen LogP contribution in [-0.2, 0) is 16.6 Å². The average molecular weight is 386 g/mol. The van der Waals surface area contributed by atoms with E-state index in [0.717, 1.165) is 35.8 Å². The van der Waals surface area contributed by atoms with E-state index >= 15 is 0 Å². The number of carbonyl (C=O) groups excluding carboxylic acids is 1. The number of anilines is 1. The molecule has 0 radical (unpaired) electrons. The molecular formula is C22H24ClNO3. The molecular weight excluding hydrogens is 362 g/mol. The summed E-state index contributed by atoms with van der Waals surface area (Å²) in [4.78, 5) is 12.4. The molecule has 1 spiro atoms. The maximum Gasteiger partial charge on any atom is 0.338 e. The van der Waals surface area contributed by atoms with Gasteiger partial charge in [-0.3, -0.25) is 0 Å². The van der Waals surface area contributed by atoms with Gasteiger partial charge in [0.15, 0.2) is 0 Å². The molecule has 2 aromatic carbocycles. The first-order valence-electron chi connectivity index (χ1n) is 9.29. The van der Waals surface area contributed by atoms with Crippen LogP contribution in [0.4, 0.5) is 5.69 Å². The molecule has 0 aromatic heterocycles. The normalized spacial score (nSPS) is 20.9. The second-order valence-electron chi connectivity index (χ2n) is 8.44. The van der Waals surface area contributed by atoms with Crippen LogP contribution in [0.15, 0.2) is 36.4 Å². The van der Waals surface area contributed by atoms with E-state index in [-0.39, 0.29) is 11.4 Å². The molecule has 4 nitrogen and oxygen atoms in total. The van der Waals surface area contributed by atoms with Crippen LogP contribution in [-0.4, -0.2) is 24.7 Å². The molecule has 1 unspecified atom stereocenters. The molecule has 0 bridgehead atoms. The topological polar surface area (TPSA) is 47.6 Å². The molecule has 0 fully saturated rings. The molecule has 2 aliphatic rings. The van der Waals surface area contributed by atoms with Crippen molar-refractivity contribution in [2.24, 2.45) is 0 Å². The van der Waals surface area contributed by atoms with Crippen LogP contribution in [0.1, 0.15) is 48.7 Å². The van der Waals surface area contributed by atoms with Crippen molar-refractivity contribution >= 4 is 23.3 Å². The first-order valence-corrected chi connectivity index (χ1v) is 9.67. The molecule has 5 heteroatoms. The summed E-state index contributed by atoms with van der Waals surface area (Å²) < 4.78 is 11.6. The smallest absolute Gasteiger partial charge is 0.338 e. The molecule has 4 rings (SSSR count). The Labute approximate surface area is 164 Å². The van der Waals surface area contributed by atoms with Crippen molar-refractivity contribution in [3.63, 3.8) is 0 Å². The van der Waals surface area contributed by atoms with Crippen molar-refractivity contribution in [1.29, 1.82) is 0 Å². The summed E-state index contributed by atoms with van der Waals surface area (Å²) in [5, 5.41) is 4.28. The molecule has 1 heterocycles. The quantitative estimate of drug-likeness (QED) is 0.703. The van der Waals surface area contributed by atoms with Gasteiger partial charge in [-0.2, -0.15) is 0 Å². The maximum absolute atomic E-state index is 12.4. The minimum absolute atomic E-state index is 0.0783. The van der Waals surface area contributed by atoms with Gasteiger partial charge in [0.1, 0.15) is 11.4 Å². The van der Waals surface area contributed by atoms with Gasteiger partial charge in [0.2, 0.25) is 0 Å². The fourth-order valence-electron chi connectivity index (χ4n) is 3.92. The summed E-state index contributed by atoms with van der Waals surface area (Å²) in [5.41, 5.74) is 3.36. The second-order valence-corrected chi connectivity index (χ2v) is 8.87. The summed E-state index contributed by atoms with van der Waals surface area (Å²) >= 11 is 6.16. The van der Waals surface area contributed by atoms with Crippen molar-refractivity contribution in [2.75, 3.05) is 18.5 Å². The minimum atomic E-state index is -0.521. The summed E-state index contributed by atoms with van der Waals surface area (Å²) in [5.74, 6) is 0.438. The van der Waals surface area contributed by atoms with Crippen molar-refractivity contribution in [2.45, 2.75) is 44.6 Å². The standard InChI is InChI=1S/C22H24ClNO3/c1-21(2,3)27-20(25)15-4-7-19-18(11-15)24-12-22(13-26-19)9-8-14-10-16(23)5-6-17(14)22/h4-7,10-11,24H,8-9,12-13H2,1-3H3. The highest BCUT2D eigenvalue weighted by molar-refractivity contribution is 6.30. The predicted octanol–water partition coefficient (Wildman–Crippen LogP) is 4.98. The van der Waals surface area contributed by atoms with Gasteiger partial charge in [-0.15, -0.1) is 0 Å². The van der Waals surface area contributed by atoms with Gasteiger partial charge in [-0.25, -0.2) is 4.79 Å². The lowest BCUT2D eigenvalue weighted by atomic mass is 9.82. The number of aryl methyl sites for hydroxylation is 1. The van der Waals surface area contributed by atoms with Crippen LogP contribution in [0.2, 0.25) is 5.02 Å². The van der Waals surface area contributed by atoms with E-state index in [1.165, 1.54) is 11.1 Å². The number of benzene rings is 2. The van der Waals surface area contributed by atoms with Crippen molar-refractivity contribution in [3.05, 3.63) is 58.1 Å². The number of esters is 1. The number of halogens is 1. The van der Waals surface area contributed by atoms with Gasteiger partial charge in [-0.1, -0.05) is 17.7 Å². The third-order valence-electron chi connectivity index (χ3n) is 5.25. The van der Waals surface area contributed by atoms with Crippen molar-refractivity contribution < 1.29 is 14.3 Å². The highest BCUT2D eigenvalue weighted by Gasteiger charge is 2.41. The van der Waals surface area contributed by atoms with Crippen LogP contribution in [0.5, 0.6) is 5.75 Å². The van der Waals surface area contributed by atoms with E-state index in [1.54, 1.807) is 6.07 Å². The first kappa shape index (κ1) is 18.2. The van der Waals surface area contributed by atoms with E-state index in [1.807, 2.05) is 39.0 Å². The number of hydrogen-bond donors (Lipinski definition) is 1. The highest BCUT2D eigenvalue weighted by atomic mass is 35.5. The van der Waals surface area contributed by atoms with E-state index in [4.69, 9.17) is 21.1 Å². The maximum atomic E-state index is 12.4. The Kier molecular flexibility index (Phi) is 4.34. The largest absolute Gasteiger partial charge is 0.490 e. The number of ether oxygens (including phenoxy) is 2. The molecule has 0 saturated heterocycles. The first-order chi connectivity index (χ1) is 12.8. The van der Waals surface area contributed by atoms with Crippen molar-refractivity contribution in [3.8, 4) is 5.75 Å². The van der Waals surface area contributed by atoms with Gasteiger partial charge >= 0.3 is 5.97 Å². The highest BCUT2D eigenvalue weighted by Crippen LogP contribution is 2.43. The number of nitrogens with one attached hydrogen (secondary N) is 1. The second kappa shape index (κ2) is 6.45. The monoisotopic (exact) mass is 385 g/mol. The molecule has 1 aliphatic carbocycles. The number of fused-ring (bicyclic) bond motifs is 3. The molecule has 142 valence electrons. The van der Waals surface area contributed by atoms with Crippen LogP contribution in [0.25, 0.3) is 0 Å². The fourth-order valence-corrected chi connectivity index (χ4v) is 4.11. The van der Waals surface area contributed by atoms with Crippen LogP contribution in [0.3, 0.4) is 0 Å². The summed E-state index contributed by atoms with van der Waals surface area (Å²) in [7, 11) is 0. The fraction of sp³-hybridized carbons (Fsp3) is 0.409. The molecule has 1 aliphatic heterocycles. The third kappa shape index (κ3) is 3.51. The molecule has 0 amide bonds. The molecule has 1 atom stereocenters. The van der Waals surface area contributed by atoms with Crippen molar-refractivity contribution in [1.82, 2.24) is 0 Å².